The van der Waals surface area contributed by atoms with Gasteiger partial charge in [-0.1, -0.05) is 0 Å². The number of hydrogen-bond acceptors (Lipinski definition) is 13. The third-order valence-corrected chi connectivity index (χ3v) is 4.67. The molecule has 13 heteroatoms. The summed E-state index contributed by atoms with van der Waals surface area (Å²) in [5, 5.41) is 87.0. The Morgan fingerprint density at radius 1 is 0.857 bits per heavy atom. The molecule has 2 saturated heterocycles. The first-order chi connectivity index (χ1) is 13.2. The van der Waals surface area contributed by atoms with Gasteiger partial charge in [0.15, 0.2) is 6.29 Å². The highest BCUT2D eigenvalue weighted by Gasteiger charge is 2.58. The molecular formula is C15H28O13. The SMILES string of the molecule is OCC(O)COC[C@@]1(O[C@H]2O[C@H](CO)[C@@H](O)[C@H](O)[C@H]2O)O[C@H](CO)[C@@H](O)[C@@H]1O. The minimum Gasteiger partial charge on any atom is -0.394 e. The molecule has 28 heavy (non-hydrogen) atoms. The molecule has 10 atom stereocenters. The lowest BCUT2D eigenvalue weighted by Gasteiger charge is -2.43. The highest BCUT2D eigenvalue weighted by atomic mass is 16.8. The van der Waals surface area contributed by atoms with Gasteiger partial charge in [0.1, 0.15) is 55.4 Å². The summed E-state index contributed by atoms with van der Waals surface area (Å²) in [5.41, 5.74) is 0. The summed E-state index contributed by atoms with van der Waals surface area (Å²) in [6, 6.07) is 0. The number of aliphatic hydroxyl groups excluding tert-OH is 9. The Morgan fingerprint density at radius 3 is 2.04 bits per heavy atom. The van der Waals surface area contributed by atoms with Crippen LogP contribution in [0.15, 0.2) is 0 Å². The van der Waals surface area contributed by atoms with Crippen LogP contribution in [0.1, 0.15) is 0 Å². The van der Waals surface area contributed by atoms with Gasteiger partial charge in [-0.15, -0.1) is 0 Å². The molecule has 0 aromatic heterocycles. The molecule has 0 spiro atoms. The maximum absolute atomic E-state index is 10.4. The third kappa shape index (κ3) is 4.79. The zero-order valence-corrected chi connectivity index (χ0v) is 14.9. The molecule has 13 nitrogen and oxygen atoms in total. The largest absolute Gasteiger partial charge is 0.394 e. The quantitative estimate of drug-likeness (QED) is 0.171. The Balaban J connectivity index is 2.19. The average molecular weight is 416 g/mol. The predicted octanol–water partition coefficient (Wildman–Crippen LogP) is -6.02. The lowest BCUT2D eigenvalue weighted by atomic mass is 9.99. The average Bonchev–Trinajstić information content (AvgIpc) is 2.93. The van der Waals surface area contributed by atoms with Crippen LogP contribution >= 0.6 is 0 Å². The van der Waals surface area contributed by atoms with Gasteiger partial charge >= 0.3 is 0 Å². The molecule has 0 saturated carbocycles. The molecule has 0 aliphatic carbocycles. The highest BCUT2D eigenvalue weighted by Crippen LogP contribution is 2.36. The molecule has 0 aromatic rings. The van der Waals surface area contributed by atoms with E-state index in [2.05, 4.69) is 0 Å². The van der Waals surface area contributed by atoms with Gasteiger partial charge in [-0.05, 0) is 0 Å². The standard InChI is InChI=1S/C15H28O13/c16-1-6(19)4-25-5-15(13(24)10(21)8(3-18)27-15)28-14-12(23)11(22)9(20)7(2-17)26-14/h6-14,16-24H,1-5H2/t6?,7-,8-,9-,10-,11+,12-,13+,14-,15+/m1/s1. The van der Waals surface area contributed by atoms with Crippen LogP contribution in [0.25, 0.3) is 0 Å². The van der Waals surface area contributed by atoms with Gasteiger partial charge in [-0.3, -0.25) is 0 Å². The van der Waals surface area contributed by atoms with Crippen molar-refractivity contribution < 1.29 is 64.9 Å². The van der Waals surface area contributed by atoms with Gasteiger partial charge in [-0.2, -0.15) is 0 Å². The van der Waals surface area contributed by atoms with E-state index in [1.165, 1.54) is 0 Å². The van der Waals surface area contributed by atoms with Gasteiger partial charge in [0.25, 0.3) is 0 Å². The van der Waals surface area contributed by atoms with Crippen LogP contribution in [0.3, 0.4) is 0 Å². The van der Waals surface area contributed by atoms with Crippen molar-refractivity contribution in [2.24, 2.45) is 0 Å². The van der Waals surface area contributed by atoms with Crippen molar-refractivity contribution >= 4 is 0 Å². The van der Waals surface area contributed by atoms with Crippen molar-refractivity contribution in [3.8, 4) is 0 Å². The van der Waals surface area contributed by atoms with Crippen molar-refractivity contribution in [2.45, 2.75) is 60.9 Å². The summed E-state index contributed by atoms with van der Waals surface area (Å²) in [6.45, 7) is -3.05. The molecule has 1 unspecified atom stereocenters. The molecule has 0 bridgehead atoms. The van der Waals surface area contributed by atoms with E-state index >= 15 is 0 Å². The summed E-state index contributed by atoms with van der Waals surface area (Å²) in [7, 11) is 0. The minimum absolute atomic E-state index is 0.397. The summed E-state index contributed by atoms with van der Waals surface area (Å²) in [4.78, 5) is 0. The predicted molar refractivity (Wildman–Crippen MR) is 85.5 cm³/mol. The number of rotatable bonds is 9. The van der Waals surface area contributed by atoms with Crippen LogP contribution in [0.2, 0.25) is 0 Å². The molecule has 0 aromatic carbocycles. The highest BCUT2D eigenvalue weighted by molar-refractivity contribution is 4.98. The van der Waals surface area contributed by atoms with E-state index in [0.717, 1.165) is 0 Å². The maximum Gasteiger partial charge on any atom is 0.224 e. The fourth-order valence-corrected chi connectivity index (χ4v) is 3.01. The monoisotopic (exact) mass is 416 g/mol. The topological polar surface area (TPSA) is 219 Å². The zero-order chi connectivity index (χ0) is 21.1. The van der Waals surface area contributed by atoms with Gasteiger partial charge in [0, 0.05) is 0 Å². The fourth-order valence-electron chi connectivity index (χ4n) is 3.01. The zero-order valence-electron chi connectivity index (χ0n) is 14.9. The first-order valence-electron chi connectivity index (χ1n) is 8.70. The van der Waals surface area contributed by atoms with Crippen LogP contribution in [0.5, 0.6) is 0 Å². The van der Waals surface area contributed by atoms with Gasteiger partial charge < -0.3 is 64.9 Å². The van der Waals surface area contributed by atoms with E-state index in [0.29, 0.717) is 0 Å². The van der Waals surface area contributed by atoms with E-state index in [4.69, 9.17) is 24.1 Å². The minimum atomic E-state index is -2.20. The summed E-state index contributed by atoms with van der Waals surface area (Å²) in [5.74, 6) is -2.20. The summed E-state index contributed by atoms with van der Waals surface area (Å²) < 4.78 is 21.2. The molecule has 0 radical (unpaired) electrons. The Kier molecular flexibility index (Phi) is 8.48. The summed E-state index contributed by atoms with van der Waals surface area (Å²) in [6.07, 6.45) is -14.2. The first-order valence-corrected chi connectivity index (χ1v) is 8.70. The number of hydrogen-bond donors (Lipinski definition) is 9. The second-order valence-corrected chi connectivity index (χ2v) is 6.75. The van der Waals surface area contributed by atoms with Crippen LogP contribution in [0, 0.1) is 0 Å². The smallest absolute Gasteiger partial charge is 0.224 e. The lowest BCUT2D eigenvalue weighted by Crippen LogP contribution is -2.62. The third-order valence-electron chi connectivity index (χ3n) is 4.67. The Labute approximate surface area is 159 Å². The van der Waals surface area contributed by atoms with E-state index in [9.17, 15) is 40.9 Å². The van der Waals surface area contributed by atoms with Crippen LogP contribution in [-0.2, 0) is 18.9 Å². The van der Waals surface area contributed by atoms with Crippen molar-refractivity contribution in [3.05, 3.63) is 0 Å². The summed E-state index contributed by atoms with van der Waals surface area (Å²) >= 11 is 0. The van der Waals surface area contributed by atoms with Gasteiger partial charge in [0.2, 0.25) is 5.79 Å². The van der Waals surface area contributed by atoms with Crippen molar-refractivity contribution in [2.75, 3.05) is 33.0 Å². The molecule has 2 aliphatic rings. The van der Waals surface area contributed by atoms with Crippen LogP contribution < -0.4 is 0 Å². The number of aliphatic hydroxyl groups is 9. The molecule has 2 fully saturated rings. The Bertz CT molecular complexity index is 479. The second-order valence-electron chi connectivity index (χ2n) is 6.75. The van der Waals surface area contributed by atoms with Crippen molar-refractivity contribution in [1.82, 2.24) is 0 Å². The second kappa shape index (κ2) is 9.99. The molecule has 2 heterocycles. The lowest BCUT2D eigenvalue weighted by molar-refractivity contribution is -0.385. The molecule has 2 rings (SSSR count). The maximum atomic E-state index is 10.4. The van der Waals surface area contributed by atoms with E-state index < -0.39 is 93.9 Å². The van der Waals surface area contributed by atoms with E-state index in [1.54, 1.807) is 0 Å². The van der Waals surface area contributed by atoms with Crippen LogP contribution in [-0.4, -0.2) is 140 Å². The number of ether oxygens (including phenoxy) is 4. The van der Waals surface area contributed by atoms with E-state index in [1.807, 2.05) is 0 Å². The van der Waals surface area contributed by atoms with Gasteiger partial charge in [-0.25, -0.2) is 0 Å². The molecular weight excluding hydrogens is 388 g/mol. The molecule has 0 amide bonds. The molecule has 2 aliphatic heterocycles. The van der Waals surface area contributed by atoms with Crippen molar-refractivity contribution in [3.63, 3.8) is 0 Å². The van der Waals surface area contributed by atoms with Crippen LogP contribution in [0.4, 0.5) is 0 Å². The molecule has 9 N–H and O–H groups in total. The Hall–Kier alpha value is -0.520. The Morgan fingerprint density at radius 2 is 1.50 bits per heavy atom. The first kappa shape index (κ1) is 23.8. The fraction of sp³-hybridized carbons (Fsp3) is 1.00. The molecule has 166 valence electrons. The van der Waals surface area contributed by atoms with E-state index in [-0.39, 0.29) is 0 Å². The normalized spacial score (nSPS) is 45.3. The van der Waals surface area contributed by atoms with Crippen molar-refractivity contribution in [1.29, 1.82) is 0 Å². The van der Waals surface area contributed by atoms with Gasteiger partial charge in [0.05, 0.1) is 26.4 Å².